The van der Waals surface area contributed by atoms with Crippen LogP contribution in [0.15, 0.2) is 4.99 Å². The van der Waals surface area contributed by atoms with Gasteiger partial charge in [0, 0.05) is 17.2 Å². The standard InChI is InChI=1S/C3H6BNS/c4-3-5-1-2-6-3/h1-2,4H2/i4D. The van der Waals surface area contributed by atoms with E-state index in [1.807, 2.05) is 0 Å². The number of aliphatic imine (C=N–C) groups is 1. The van der Waals surface area contributed by atoms with Gasteiger partial charge in [-0.2, -0.15) is 0 Å². The van der Waals surface area contributed by atoms with Gasteiger partial charge in [-0.25, -0.2) is 0 Å². The predicted octanol–water partition coefficient (Wildman–Crippen LogP) is -0.278. The van der Waals surface area contributed by atoms with Crippen molar-refractivity contribution in [3.8, 4) is 0 Å². The topological polar surface area (TPSA) is 12.4 Å². The van der Waals surface area contributed by atoms with E-state index in [0.29, 0.717) is 7.81 Å². The van der Waals surface area contributed by atoms with E-state index in [1.54, 1.807) is 11.8 Å². The Hall–Kier alpha value is 0.0849. The Bertz CT molecular complexity index is 94.9. The summed E-state index contributed by atoms with van der Waals surface area (Å²) in [7, 11) is 0.380. The Morgan fingerprint density at radius 1 is 2.17 bits per heavy atom. The largest absolute Gasteiger partial charge is 0.293 e. The van der Waals surface area contributed by atoms with Crippen LogP contribution in [0.25, 0.3) is 0 Å². The number of hydrogen-bond acceptors (Lipinski definition) is 2. The van der Waals surface area contributed by atoms with Crippen LogP contribution in [-0.2, 0) is 0 Å². The molecule has 0 bridgehead atoms. The maximum Gasteiger partial charge on any atom is 0.171 e. The fraction of sp³-hybridized carbons (Fsp3) is 0.667. The van der Waals surface area contributed by atoms with E-state index in [2.05, 4.69) is 4.99 Å². The summed E-state index contributed by atoms with van der Waals surface area (Å²) >= 11 is 1.70. The highest BCUT2D eigenvalue weighted by atomic mass is 32.2. The zero-order valence-electron chi connectivity index (χ0n) is 4.48. The fourth-order valence-electron chi connectivity index (χ4n) is 0.379. The molecule has 0 amide bonds. The molecule has 0 aromatic rings. The molecule has 1 heterocycles. The molecule has 0 saturated carbocycles. The van der Waals surface area contributed by atoms with Crippen LogP contribution in [-0.4, -0.2) is 26.4 Å². The molecule has 32 valence electrons. The fourth-order valence-corrected chi connectivity index (χ4v) is 0.980. The van der Waals surface area contributed by atoms with Crippen LogP contribution in [0.4, 0.5) is 0 Å². The second kappa shape index (κ2) is 1.69. The first kappa shape index (κ1) is 3.13. The maximum atomic E-state index is 6.85. The van der Waals surface area contributed by atoms with Gasteiger partial charge in [-0.1, -0.05) is 0 Å². The van der Waals surface area contributed by atoms with Gasteiger partial charge in [0.25, 0.3) is 0 Å². The number of rotatable bonds is 1. The summed E-state index contributed by atoms with van der Waals surface area (Å²) in [4.78, 5) is 5.05. The molecule has 0 fully saturated rings. The molecule has 1 rings (SSSR count). The SMILES string of the molecule is [2H]BC1=NCCS1. The van der Waals surface area contributed by atoms with Crippen molar-refractivity contribution >= 4 is 24.5 Å². The monoisotopic (exact) mass is 100 g/mol. The number of thioether (sulfide) groups is 1. The average Bonchev–Trinajstić information content (AvgIpc) is 2.14. The van der Waals surface area contributed by atoms with Crippen molar-refractivity contribution in [2.75, 3.05) is 12.3 Å². The van der Waals surface area contributed by atoms with Gasteiger partial charge >= 0.3 is 0 Å². The Kier molecular flexibility index (Phi) is 0.883. The lowest BCUT2D eigenvalue weighted by Crippen LogP contribution is -1.79. The second-order valence-corrected chi connectivity index (χ2v) is 2.29. The third-order valence-corrected chi connectivity index (χ3v) is 1.50. The summed E-state index contributed by atoms with van der Waals surface area (Å²) in [5.74, 6) is 1.09. The molecule has 0 N–H and O–H groups in total. The summed E-state index contributed by atoms with van der Waals surface area (Å²) in [6, 6.07) is 0. The lowest BCUT2D eigenvalue weighted by atomic mass is 10.2. The zero-order chi connectivity index (χ0) is 5.11. The van der Waals surface area contributed by atoms with Crippen molar-refractivity contribution in [1.29, 1.82) is 1.34 Å². The summed E-state index contributed by atoms with van der Waals surface area (Å²) in [5.41, 5.74) is 0. The molecular formula is C3H6BNS. The first-order valence-corrected chi connectivity index (χ1v) is 2.87. The van der Waals surface area contributed by atoms with Gasteiger partial charge in [0.2, 0.25) is 0 Å². The van der Waals surface area contributed by atoms with Gasteiger partial charge in [-0.15, -0.1) is 11.8 Å². The zero-order valence-corrected chi connectivity index (χ0v) is 4.29. The normalized spacial score (nSPS) is 22.7. The Morgan fingerprint density at radius 3 is 3.50 bits per heavy atom. The molecule has 0 radical (unpaired) electrons. The smallest absolute Gasteiger partial charge is 0.171 e. The summed E-state index contributed by atoms with van der Waals surface area (Å²) in [6.07, 6.45) is 0. The highest BCUT2D eigenvalue weighted by molar-refractivity contribution is 8.16. The minimum atomic E-state index is 0.380. The third kappa shape index (κ3) is 0.774. The van der Waals surface area contributed by atoms with Crippen molar-refractivity contribution in [3.63, 3.8) is 0 Å². The Balaban J connectivity index is 2.36. The van der Waals surface area contributed by atoms with E-state index >= 15 is 0 Å². The number of hydrogen-bond donors (Lipinski definition) is 0. The number of nitrogens with zero attached hydrogens (tertiary/aromatic N) is 1. The first-order valence-electron chi connectivity index (χ1n) is 2.59. The van der Waals surface area contributed by atoms with Gasteiger partial charge in [-0.3, -0.25) is 4.99 Å². The van der Waals surface area contributed by atoms with Crippen molar-refractivity contribution in [2.24, 2.45) is 4.99 Å². The van der Waals surface area contributed by atoms with E-state index in [9.17, 15) is 0 Å². The summed E-state index contributed by atoms with van der Waals surface area (Å²) in [6.45, 7) is 0.929. The molecule has 3 heteroatoms. The van der Waals surface area contributed by atoms with Crippen molar-refractivity contribution in [1.82, 2.24) is 0 Å². The molecule has 0 aromatic carbocycles. The van der Waals surface area contributed by atoms with Gasteiger partial charge in [0.05, 0.1) is 0 Å². The molecule has 1 aliphatic rings. The minimum Gasteiger partial charge on any atom is -0.293 e. The third-order valence-electron chi connectivity index (χ3n) is 0.648. The van der Waals surface area contributed by atoms with Gasteiger partial charge in [-0.05, 0) is 1.34 Å². The van der Waals surface area contributed by atoms with E-state index < -0.39 is 0 Å². The van der Waals surface area contributed by atoms with Crippen LogP contribution in [0.1, 0.15) is 0 Å². The van der Waals surface area contributed by atoms with E-state index in [0.717, 1.165) is 17.2 Å². The Morgan fingerprint density at radius 2 is 3.17 bits per heavy atom. The Labute approximate surface area is 44.0 Å². The maximum absolute atomic E-state index is 6.85. The van der Waals surface area contributed by atoms with Crippen LogP contribution in [0, 0.1) is 0 Å². The molecule has 0 aromatic heterocycles. The second-order valence-electron chi connectivity index (χ2n) is 1.12. The van der Waals surface area contributed by atoms with Crippen LogP contribution < -0.4 is 0 Å². The molecule has 0 spiro atoms. The van der Waals surface area contributed by atoms with Crippen molar-refractivity contribution in [3.05, 3.63) is 0 Å². The first-order chi connectivity index (χ1) is 3.43. The molecule has 0 atom stereocenters. The molecule has 0 saturated heterocycles. The van der Waals surface area contributed by atoms with E-state index in [-0.39, 0.29) is 0 Å². The molecule has 1 nitrogen and oxygen atoms in total. The van der Waals surface area contributed by atoms with Crippen LogP contribution in [0.5, 0.6) is 0 Å². The lowest BCUT2D eigenvalue weighted by molar-refractivity contribution is 1.18. The van der Waals surface area contributed by atoms with Gasteiger partial charge in [0.15, 0.2) is 7.81 Å². The molecule has 6 heavy (non-hydrogen) atoms. The van der Waals surface area contributed by atoms with Crippen LogP contribution in [0.2, 0.25) is 0 Å². The highest BCUT2D eigenvalue weighted by Crippen LogP contribution is 2.06. The molecule has 0 aliphatic carbocycles. The van der Waals surface area contributed by atoms with Crippen LogP contribution >= 0.6 is 11.8 Å². The summed E-state index contributed by atoms with van der Waals surface area (Å²) < 4.78 is 6.85. The van der Waals surface area contributed by atoms with E-state index in [1.165, 1.54) is 0 Å². The average molecular weight is 100.0 g/mol. The highest BCUT2D eigenvalue weighted by Gasteiger charge is 1.96. The lowest BCUT2D eigenvalue weighted by Gasteiger charge is -1.76. The van der Waals surface area contributed by atoms with E-state index in [4.69, 9.17) is 1.34 Å². The van der Waals surface area contributed by atoms with Crippen LogP contribution in [0.3, 0.4) is 0 Å². The molecular weight excluding hydrogens is 92.9 g/mol. The summed E-state index contributed by atoms with van der Waals surface area (Å²) in [5, 5.41) is 0. The van der Waals surface area contributed by atoms with Crippen molar-refractivity contribution < 1.29 is 0 Å². The van der Waals surface area contributed by atoms with Crippen molar-refractivity contribution in [2.45, 2.75) is 0 Å². The predicted molar refractivity (Wildman–Crippen MR) is 33.3 cm³/mol. The minimum absolute atomic E-state index is 0.380. The quantitative estimate of drug-likeness (QED) is 0.413. The van der Waals surface area contributed by atoms with Gasteiger partial charge < -0.3 is 0 Å². The van der Waals surface area contributed by atoms with Gasteiger partial charge in [0.1, 0.15) is 0 Å². The molecule has 0 unspecified atom stereocenters. The molecule has 1 aliphatic heterocycles.